The van der Waals surface area contributed by atoms with Gasteiger partial charge in [0.2, 0.25) is 0 Å². The van der Waals surface area contributed by atoms with Gasteiger partial charge >= 0.3 is 0 Å². The fourth-order valence-electron chi connectivity index (χ4n) is 1.83. The molecule has 2 heterocycles. The minimum atomic E-state index is 0. The van der Waals surface area contributed by atoms with Crippen LogP contribution in [0, 0.1) is 20.4 Å². The molecule has 0 aliphatic carbocycles. The monoisotopic (exact) mass is 324 g/mol. The summed E-state index contributed by atoms with van der Waals surface area (Å²) < 4.78 is 0. The van der Waals surface area contributed by atoms with Gasteiger partial charge in [-0.15, -0.1) is 10.7 Å². The maximum atomic E-state index is 4.38. The predicted octanol–water partition coefficient (Wildman–Crippen LogP) is 3.25. The summed E-state index contributed by atoms with van der Waals surface area (Å²) in [6, 6.07) is 14.9. The van der Waals surface area contributed by atoms with Crippen molar-refractivity contribution >= 4 is 11.0 Å². The Morgan fingerprint density at radius 1 is 1.16 bits per heavy atom. The van der Waals surface area contributed by atoms with E-state index in [1.165, 1.54) is 0 Å². The number of aromatic nitrogens is 3. The van der Waals surface area contributed by atoms with Gasteiger partial charge in [0.15, 0.2) is 5.65 Å². The van der Waals surface area contributed by atoms with Crippen molar-refractivity contribution in [3.05, 3.63) is 61.8 Å². The van der Waals surface area contributed by atoms with Gasteiger partial charge in [0, 0.05) is 50.0 Å². The Hall–Kier alpha value is -1.19. The minimum Gasteiger partial charge on any atom is -0.358 e. The Labute approximate surface area is 138 Å². The first-order chi connectivity index (χ1) is 8.34. The van der Waals surface area contributed by atoms with Crippen LogP contribution in [0.4, 0.5) is 0 Å². The average molecular weight is 324 g/mol. The van der Waals surface area contributed by atoms with E-state index in [0.717, 1.165) is 22.2 Å². The molecule has 0 bridgehead atoms. The zero-order valence-electron chi connectivity index (χ0n) is 11.0. The summed E-state index contributed by atoms with van der Waals surface area (Å²) >= 11 is 0. The molecule has 0 fully saturated rings. The number of aryl methyl sites for hydroxylation is 1. The van der Waals surface area contributed by atoms with Crippen LogP contribution in [-0.2, 0) is 32.7 Å². The molecule has 3 aromatic rings. The van der Waals surface area contributed by atoms with Gasteiger partial charge in [-0.25, -0.2) is 4.98 Å². The molecule has 4 heteroatoms. The molecule has 0 aliphatic rings. The number of hydrogen-bond donors (Lipinski definition) is 0. The smallest absolute Gasteiger partial charge is 0.181 e. The first-order valence-corrected chi connectivity index (χ1v) is 5.40. The van der Waals surface area contributed by atoms with Gasteiger partial charge in [-0.2, -0.15) is 35.4 Å². The van der Waals surface area contributed by atoms with Crippen LogP contribution < -0.4 is 0 Å². The van der Waals surface area contributed by atoms with E-state index in [-0.39, 0.29) is 40.1 Å². The van der Waals surface area contributed by atoms with Gasteiger partial charge in [0.05, 0.1) is 0 Å². The zero-order valence-corrected chi connectivity index (χ0v) is 13.8. The Kier molecular flexibility index (Phi) is 5.70. The Morgan fingerprint density at radius 3 is 2.74 bits per heavy atom. The number of hydrogen-bond acceptors (Lipinski definition) is 3. The van der Waals surface area contributed by atoms with Crippen LogP contribution >= 0.6 is 0 Å². The largest absolute Gasteiger partial charge is 0.358 e. The van der Waals surface area contributed by atoms with Gasteiger partial charge in [0.1, 0.15) is 0 Å². The van der Waals surface area contributed by atoms with E-state index in [1.54, 1.807) is 6.20 Å². The van der Waals surface area contributed by atoms with Crippen molar-refractivity contribution in [2.75, 3.05) is 0 Å². The van der Waals surface area contributed by atoms with Crippen molar-refractivity contribution in [3.8, 4) is 11.1 Å². The third-order valence-electron chi connectivity index (χ3n) is 2.66. The number of pyridine rings is 1. The summed E-state index contributed by atoms with van der Waals surface area (Å²) in [6.45, 7) is 1.95. The normalized spacial score (nSPS) is 9.53. The average Bonchev–Trinajstić information content (AvgIpc) is 2.39. The molecule has 3 rings (SSSR count). The van der Waals surface area contributed by atoms with Crippen molar-refractivity contribution in [3.63, 3.8) is 0 Å². The fourth-order valence-corrected chi connectivity index (χ4v) is 1.83. The molecule has 0 unspecified atom stereocenters. The van der Waals surface area contributed by atoms with Gasteiger partial charge in [-0.1, -0.05) is 0 Å². The van der Waals surface area contributed by atoms with E-state index in [1.807, 2.05) is 43.3 Å². The van der Waals surface area contributed by atoms with E-state index in [2.05, 4.69) is 21.2 Å². The van der Waals surface area contributed by atoms with Crippen LogP contribution in [0.15, 0.2) is 42.6 Å². The van der Waals surface area contributed by atoms with E-state index in [4.69, 9.17) is 0 Å². The Bertz CT molecular complexity index is 669. The molecule has 1 aromatic carbocycles. The molecule has 3 nitrogen and oxygen atoms in total. The number of fused-ring (bicyclic) bond motifs is 1. The van der Waals surface area contributed by atoms with Crippen LogP contribution in [-0.4, -0.2) is 15.2 Å². The molecule has 0 atom stereocenters. The van der Waals surface area contributed by atoms with Crippen molar-refractivity contribution < 1.29 is 32.7 Å². The maximum Gasteiger partial charge on any atom is 0.181 e. The van der Waals surface area contributed by atoms with Gasteiger partial charge < -0.3 is 7.43 Å². The zero-order chi connectivity index (χ0) is 11.7. The predicted molar refractivity (Wildman–Crippen MR) is 72.8 cm³/mol. The van der Waals surface area contributed by atoms with Crippen LogP contribution in [0.2, 0.25) is 0 Å². The van der Waals surface area contributed by atoms with Crippen LogP contribution in [0.5, 0.6) is 0 Å². The third kappa shape index (κ3) is 3.23. The molecule has 93 valence electrons. The maximum absolute atomic E-state index is 4.38. The molecular weight excluding hydrogens is 311 g/mol. The van der Waals surface area contributed by atoms with Crippen LogP contribution in [0.1, 0.15) is 5.69 Å². The molecule has 19 heavy (non-hydrogen) atoms. The summed E-state index contributed by atoms with van der Waals surface area (Å²) in [5.74, 6) is 0. The Morgan fingerprint density at radius 2 is 2.00 bits per heavy atom. The summed E-state index contributed by atoms with van der Waals surface area (Å²) in [6.07, 6.45) is 1.77. The van der Waals surface area contributed by atoms with E-state index in [9.17, 15) is 0 Å². The van der Waals surface area contributed by atoms with Gasteiger partial charge in [-0.3, -0.25) is 0 Å². The molecule has 0 N–H and O–H groups in total. The molecule has 0 spiro atoms. The quantitative estimate of drug-likeness (QED) is 0.645. The topological polar surface area (TPSA) is 38.7 Å². The summed E-state index contributed by atoms with van der Waals surface area (Å²) in [5.41, 5.74) is 3.76. The first-order valence-electron chi connectivity index (χ1n) is 5.40. The number of nitrogens with zero attached hydrogens (tertiary/aromatic N) is 3. The van der Waals surface area contributed by atoms with Crippen molar-refractivity contribution in [1.29, 1.82) is 0 Å². The second kappa shape index (κ2) is 6.83. The van der Waals surface area contributed by atoms with Crippen molar-refractivity contribution in [1.82, 2.24) is 15.2 Å². The van der Waals surface area contributed by atoms with Crippen molar-refractivity contribution in [2.24, 2.45) is 0 Å². The first kappa shape index (κ1) is 15.9. The minimum absolute atomic E-state index is 0. The number of rotatable bonds is 1. The SMILES string of the molecule is Cc1ccc2c(-c3c[c-]ccc3)cnnc2n1.[CH3-].[Y]. The van der Waals surface area contributed by atoms with Gasteiger partial charge in [-0.05, 0) is 24.6 Å². The summed E-state index contributed by atoms with van der Waals surface area (Å²) in [4.78, 5) is 4.38. The molecule has 0 saturated heterocycles. The second-order valence-corrected chi connectivity index (χ2v) is 3.87. The molecule has 0 saturated carbocycles. The van der Waals surface area contributed by atoms with Gasteiger partial charge in [0.25, 0.3) is 0 Å². The van der Waals surface area contributed by atoms with Crippen LogP contribution in [0.25, 0.3) is 22.2 Å². The van der Waals surface area contributed by atoms with E-state index < -0.39 is 0 Å². The van der Waals surface area contributed by atoms with Crippen LogP contribution in [0.3, 0.4) is 0 Å². The summed E-state index contributed by atoms with van der Waals surface area (Å²) in [5, 5.41) is 9.08. The third-order valence-corrected chi connectivity index (χ3v) is 2.66. The molecular formula is C15H13N3Y-2. The van der Waals surface area contributed by atoms with Crippen molar-refractivity contribution in [2.45, 2.75) is 6.92 Å². The molecule has 1 radical (unpaired) electrons. The molecule has 0 aliphatic heterocycles. The fraction of sp³-hybridized carbons (Fsp3) is 0.0667. The summed E-state index contributed by atoms with van der Waals surface area (Å²) in [7, 11) is 0. The standard InChI is InChI=1S/C14H10N3.CH3.Y/c1-10-7-8-12-13(9-15-17-14(12)16-10)11-5-3-2-4-6-11;;/h2-3,5-9H,1H3;1H3;/q2*-1;. The Balaban J connectivity index is 0.000000902. The molecule has 2 aromatic heterocycles. The number of benzene rings is 1. The van der Waals surface area contributed by atoms with E-state index >= 15 is 0 Å². The molecule has 0 amide bonds. The van der Waals surface area contributed by atoms with E-state index in [0.29, 0.717) is 5.65 Å². The second-order valence-electron chi connectivity index (χ2n) is 3.87.